The Morgan fingerprint density at radius 1 is 0.905 bits per heavy atom. The quantitative estimate of drug-likeness (QED) is 0.143. The summed E-state index contributed by atoms with van der Waals surface area (Å²) in [6.45, 7) is 7.25. The van der Waals surface area contributed by atoms with Gasteiger partial charge in [-0.05, 0) is 66.9 Å². The van der Waals surface area contributed by atoms with Crippen molar-refractivity contribution in [2.75, 3.05) is 18.1 Å². The second-order valence-corrected chi connectivity index (χ2v) is 12.9. The molecule has 1 aliphatic heterocycles. The van der Waals surface area contributed by atoms with Gasteiger partial charge in [0.1, 0.15) is 5.75 Å². The summed E-state index contributed by atoms with van der Waals surface area (Å²) in [4.78, 5) is 20.1. The van der Waals surface area contributed by atoms with Crippen LogP contribution in [0.2, 0.25) is 5.02 Å². The third-order valence-electron chi connectivity index (χ3n) is 7.50. The monoisotopic (exact) mass is 675 g/mol. The number of ether oxygens (including phenoxy) is 1. The largest absolute Gasteiger partial charge is 1.00 e. The molecular formula is C35H49BrClN2O2S. The summed E-state index contributed by atoms with van der Waals surface area (Å²) in [5, 5.41) is 1.73. The van der Waals surface area contributed by atoms with Crippen molar-refractivity contribution < 1.29 is 26.5 Å². The number of hydrogen-bond donors (Lipinski definition) is 0. The molecule has 1 radical (unpaired) electrons. The van der Waals surface area contributed by atoms with Crippen molar-refractivity contribution in [1.82, 2.24) is 4.99 Å². The molecule has 1 heterocycles. The molecule has 0 atom stereocenters. The van der Waals surface area contributed by atoms with E-state index in [2.05, 4.69) is 31.0 Å². The van der Waals surface area contributed by atoms with E-state index >= 15 is 0 Å². The first-order chi connectivity index (χ1) is 20.0. The molecule has 0 aliphatic carbocycles. The Hall–Kier alpha value is -1.76. The summed E-state index contributed by atoms with van der Waals surface area (Å²) >= 11 is 8.16. The average molecular weight is 677 g/mol. The van der Waals surface area contributed by atoms with E-state index in [0.717, 1.165) is 46.9 Å². The predicted octanol–water partition coefficient (Wildman–Crippen LogP) is 6.90. The van der Waals surface area contributed by atoms with Crippen molar-refractivity contribution in [1.29, 1.82) is 0 Å². The van der Waals surface area contributed by atoms with E-state index in [0.29, 0.717) is 18.2 Å². The Morgan fingerprint density at radius 2 is 1.57 bits per heavy atom. The van der Waals surface area contributed by atoms with Crippen LogP contribution in [0.4, 0.5) is 5.69 Å². The highest BCUT2D eigenvalue weighted by atomic mass is 79.9. The van der Waals surface area contributed by atoms with Crippen LogP contribution in [0.3, 0.4) is 0 Å². The fraction of sp³-hybridized carbons (Fsp3) is 0.543. The highest BCUT2D eigenvalue weighted by Crippen LogP contribution is 2.27. The summed E-state index contributed by atoms with van der Waals surface area (Å²) in [5.41, 5.74) is 3.18. The standard InChI is InChI=1S/C35H49ClN2O2S.BrH/c1-4-5-6-7-8-9-10-11-12-13-14-15-23-40-34-25-30(19-20-33(34)36)21-22-38(29(3)39)32-18-16-17-31(24-32)26-35-37-27-28(2)41-35;/h16-20,24-25,27H,4-15,21-23,26H2,1-3H3;1H/q+1;/p-1. The van der Waals surface area contributed by atoms with Crippen LogP contribution >= 0.6 is 23.4 Å². The highest BCUT2D eigenvalue weighted by molar-refractivity contribution is 8.17. The molecule has 0 bridgehead atoms. The molecule has 0 unspecified atom stereocenters. The Labute approximate surface area is 274 Å². The number of halogens is 2. The summed E-state index contributed by atoms with van der Waals surface area (Å²) in [6.07, 6.45) is 19.3. The Bertz CT molecular complexity index is 1150. The number of unbranched alkanes of at least 4 members (excludes halogenated alkanes) is 11. The maximum absolute atomic E-state index is 12.6. The minimum absolute atomic E-state index is 0. The van der Waals surface area contributed by atoms with Crippen LogP contribution in [0.25, 0.3) is 0 Å². The van der Waals surface area contributed by atoms with E-state index in [1.165, 1.54) is 75.5 Å². The molecule has 4 nitrogen and oxygen atoms in total. The van der Waals surface area contributed by atoms with Crippen molar-refractivity contribution in [2.24, 2.45) is 0 Å². The zero-order valence-electron chi connectivity index (χ0n) is 25.8. The number of anilines is 1. The highest BCUT2D eigenvalue weighted by Gasteiger charge is 2.21. The third-order valence-corrected chi connectivity index (χ3v) is 8.73. The Kier molecular flexibility index (Phi) is 18.2. The fourth-order valence-corrected chi connectivity index (χ4v) is 6.13. The molecule has 0 fully saturated rings. The van der Waals surface area contributed by atoms with E-state index in [-0.39, 0.29) is 22.9 Å². The van der Waals surface area contributed by atoms with E-state index in [4.69, 9.17) is 16.3 Å². The number of rotatable bonds is 20. The lowest BCUT2D eigenvalue weighted by atomic mass is 10.1. The van der Waals surface area contributed by atoms with Crippen LogP contribution in [0.1, 0.15) is 109 Å². The maximum Gasteiger partial charge on any atom is 0.296 e. The predicted molar refractivity (Wildman–Crippen MR) is 178 cm³/mol. The van der Waals surface area contributed by atoms with Crippen LogP contribution in [-0.4, -0.2) is 24.1 Å². The first-order valence-electron chi connectivity index (χ1n) is 15.7. The van der Waals surface area contributed by atoms with Gasteiger partial charge >= 0.3 is 0 Å². The van der Waals surface area contributed by atoms with E-state index in [1.807, 2.05) is 41.4 Å². The average Bonchev–Trinajstić information content (AvgIpc) is 3.37. The zero-order chi connectivity index (χ0) is 29.3. The van der Waals surface area contributed by atoms with Crippen LogP contribution in [0.15, 0.2) is 53.6 Å². The van der Waals surface area contributed by atoms with Gasteiger partial charge in [-0.3, -0.25) is 4.79 Å². The van der Waals surface area contributed by atoms with E-state index in [1.54, 1.807) is 18.7 Å². The lowest BCUT2D eigenvalue weighted by molar-refractivity contribution is -0.116. The Balaban J connectivity index is 0.00000616. The molecule has 0 N–H and O–H groups in total. The number of amides is 1. The van der Waals surface area contributed by atoms with Crippen LogP contribution in [0.5, 0.6) is 5.75 Å². The zero-order valence-corrected chi connectivity index (χ0v) is 29.0. The fourth-order valence-electron chi connectivity index (χ4n) is 5.14. The van der Waals surface area contributed by atoms with Gasteiger partial charge < -0.3 is 26.6 Å². The summed E-state index contributed by atoms with van der Waals surface area (Å²) in [7, 11) is 0. The molecule has 2 aromatic rings. The van der Waals surface area contributed by atoms with Gasteiger partial charge in [-0.1, -0.05) is 107 Å². The maximum atomic E-state index is 12.6. The van der Waals surface area contributed by atoms with Crippen molar-refractivity contribution in [3.05, 3.63) is 69.7 Å². The van der Waals surface area contributed by atoms with Gasteiger partial charge in [-0.15, -0.1) is 0 Å². The van der Waals surface area contributed by atoms with Gasteiger partial charge in [0.25, 0.3) is 11.2 Å². The summed E-state index contributed by atoms with van der Waals surface area (Å²) < 4.78 is 6.06. The van der Waals surface area contributed by atoms with Gasteiger partial charge in [0.2, 0.25) is 5.91 Å². The molecule has 0 saturated carbocycles. The second-order valence-electron chi connectivity index (χ2n) is 11.1. The lowest BCUT2D eigenvalue weighted by Gasteiger charge is -2.22. The number of allylic oxidation sites excluding steroid dienone is 1. The third kappa shape index (κ3) is 13.7. The Morgan fingerprint density at radius 3 is 2.19 bits per heavy atom. The smallest absolute Gasteiger partial charge is 0.296 e. The van der Waals surface area contributed by atoms with Crippen LogP contribution < -0.4 is 31.6 Å². The van der Waals surface area contributed by atoms with Gasteiger partial charge in [0.15, 0.2) is 0 Å². The molecule has 0 spiro atoms. The minimum Gasteiger partial charge on any atom is -1.00 e. The molecule has 231 valence electrons. The normalized spacial score (nSPS) is 12.5. The number of aliphatic imine (C=N–C) groups is 1. The summed E-state index contributed by atoms with van der Waals surface area (Å²) in [6, 6.07) is 14.2. The molecule has 2 aromatic carbocycles. The second kappa shape index (κ2) is 21.0. The number of hydrogen-bond acceptors (Lipinski definition) is 4. The molecule has 1 amide bonds. The molecule has 0 aromatic heterocycles. The first-order valence-corrected chi connectivity index (χ1v) is 16.8. The molecular weight excluding hydrogens is 628 g/mol. The van der Waals surface area contributed by atoms with Gasteiger partial charge in [0, 0.05) is 19.2 Å². The number of carbonyl (C=O) groups excluding carboxylic acids is 1. The SMILES string of the molecule is CCCCCCCCCCCCCCOc1cc(CCN(C(C)=O)c2cccc(CC3=[N+]C=C(C)S3)c2)ccc1Cl.[Br-]. The van der Waals surface area contributed by atoms with Crippen molar-refractivity contribution in [3.8, 4) is 5.75 Å². The summed E-state index contributed by atoms with van der Waals surface area (Å²) in [5.74, 6) is 0.770. The van der Waals surface area contributed by atoms with Gasteiger partial charge in [-0.2, -0.15) is 0 Å². The van der Waals surface area contributed by atoms with E-state index < -0.39 is 0 Å². The number of thioether (sulfide) groups is 1. The van der Waals surface area contributed by atoms with Crippen molar-refractivity contribution >= 4 is 40.0 Å². The van der Waals surface area contributed by atoms with Gasteiger partial charge in [0.05, 0.1) is 27.9 Å². The molecule has 0 saturated heterocycles. The van der Waals surface area contributed by atoms with Crippen molar-refractivity contribution in [3.63, 3.8) is 0 Å². The minimum atomic E-state index is 0. The first kappa shape index (κ1) is 36.4. The topological polar surface area (TPSA) is 43.6 Å². The molecule has 42 heavy (non-hydrogen) atoms. The number of carbonyl (C=O) groups is 1. The number of nitrogens with zero attached hydrogens (tertiary/aromatic N) is 2. The van der Waals surface area contributed by atoms with Crippen molar-refractivity contribution in [2.45, 2.75) is 111 Å². The lowest BCUT2D eigenvalue weighted by Crippen LogP contribution is -3.00. The van der Waals surface area contributed by atoms with Gasteiger partial charge in [-0.25, -0.2) is 0 Å². The molecule has 3 rings (SSSR count). The van der Waals surface area contributed by atoms with E-state index in [9.17, 15) is 4.79 Å². The molecule has 7 heteroatoms. The van der Waals surface area contributed by atoms with Crippen LogP contribution in [0, 0.1) is 0 Å². The van der Waals surface area contributed by atoms with Crippen LogP contribution in [-0.2, 0) is 17.6 Å². The number of benzene rings is 2. The molecule has 1 aliphatic rings.